The lowest BCUT2D eigenvalue weighted by Crippen LogP contribution is -2.50. The van der Waals surface area contributed by atoms with Gasteiger partial charge in [-0.3, -0.25) is 9.69 Å². The Morgan fingerprint density at radius 1 is 1.12 bits per heavy atom. The molecule has 6 nitrogen and oxygen atoms in total. The Kier molecular flexibility index (Phi) is 6.08. The molecule has 1 fully saturated rings. The smallest absolute Gasteiger partial charge is 0.261 e. The number of amides is 1. The van der Waals surface area contributed by atoms with E-state index in [1.54, 1.807) is 22.5 Å². The monoisotopic (exact) mass is 393 g/mol. The standard InChI is InChI=1S/C18H23N3O3S2/c1-15-4-6-16(7-5-15)26(23,24)21-12-10-20(11-13-21)9-8-19-18(22)17-3-2-14-25-17/h2-7,14H,8-13H2,1H3,(H,19,22). The lowest BCUT2D eigenvalue weighted by atomic mass is 10.2. The second kappa shape index (κ2) is 8.30. The molecule has 1 aromatic carbocycles. The van der Waals surface area contributed by atoms with Gasteiger partial charge in [0.2, 0.25) is 10.0 Å². The molecule has 1 aliphatic heterocycles. The third kappa shape index (κ3) is 4.50. The van der Waals surface area contributed by atoms with Gasteiger partial charge in [-0.1, -0.05) is 23.8 Å². The molecule has 1 N–H and O–H groups in total. The Morgan fingerprint density at radius 2 is 1.81 bits per heavy atom. The molecule has 0 atom stereocenters. The third-order valence-corrected chi connectivity index (χ3v) is 7.23. The number of nitrogens with zero attached hydrogens (tertiary/aromatic N) is 2. The van der Waals surface area contributed by atoms with Crippen molar-refractivity contribution >= 4 is 27.3 Å². The number of rotatable bonds is 6. The number of benzene rings is 1. The summed E-state index contributed by atoms with van der Waals surface area (Å²) in [4.78, 5) is 15.1. The number of carbonyl (C=O) groups excluding carboxylic acids is 1. The van der Waals surface area contributed by atoms with Crippen LogP contribution in [0.4, 0.5) is 0 Å². The van der Waals surface area contributed by atoms with Crippen LogP contribution in [0.5, 0.6) is 0 Å². The molecule has 0 saturated carbocycles. The molecule has 1 aromatic heterocycles. The van der Waals surface area contributed by atoms with Gasteiger partial charge in [-0.25, -0.2) is 8.42 Å². The van der Waals surface area contributed by atoms with Crippen LogP contribution in [0, 0.1) is 6.92 Å². The van der Waals surface area contributed by atoms with Crippen LogP contribution in [0.3, 0.4) is 0 Å². The van der Waals surface area contributed by atoms with Crippen molar-refractivity contribution < 1.29 is 13.2 Å². The van der Waals surface area contributed by atoms with Gasteiger partial charge >= 0.3 is 0 Å². The predicted molar refractivity (Wildman–Crippen MR) is 103 cm³/mol. The molecule has 2 heterocycles. The van der Waals surface area contributed by atoms with E-state index in [1.807, 2.05) is 30.5 Å². The fourth-order valence-corrected chi connectivity index (χ4v) is 4.94. The highest BCUT2D eigenvalue weighted by Gasteiger charge is 2.28. The zero-order chi connectivity index (χ0) is 18.6. The Hall–Kier alpha value is -1.74. The maximum Gasteiger partial charge on any atom is 0.261 e. The van der Waals surface area contributed by atoms with Crippen LogP contribution >= 0.6 is 11.3 Å². The van der Waals surface area contributed by atoms with E-state index in [1.165, 1.54) is 11.3 Å². The SMILES string of the molecule is Cc1ccc(S(=O)(=O)N2CCN(CCNC(=O)c3cccs3)CC2)cc1. The van der Waals surface area contributed by atoms with E-state index in [0.29, 0.717) is 42.5 Å². The molecule has 2 aromatic rings. The predicted octanol–water partition coefficient (Wildman–Crippen LogP) is 1.79. The summed E-state index contributed by atoms with van der Waals surface area (Å²) in [5.41, 5.74) is 1.04. The van der Waals surface area contributed by atoms with Gasteiger partial charge in [0.1, 0.15) is 0 Å². The molecule has 0 radical (unpaired) electrons. The molecule has 3 rings (SSSR count). The summed E-state index contributed by atoms with van der Waals surface area (Å²) in [6, 6.07) is 10.6. The zero-order valence-corrected chi connectivity index (χ0v) is 16.4. The first-order valence-corrected chi connectivity index (χ1v) is 10.9. The lowest BCUT2D eigenvalue weighted by molar-refractivity contribution is 0.0949. The molecule has 1 saturated heterocycles. The van der Waals surface area contributed by atoms with Gasteiger partial charge in [-0.15, -0.1) is 11.3 Å². The number of carbonyl (C=O) groups is 1. The number of aryl methyl sites for hydroxylation is 1. The zero-order valence-electron chi connectivity index (χ0n) is 14.7. The van der Waals surface area contributed by atoms with E-state index in [2.05, 4.69) is 10.2 Å². The summed E-state index contributed by atoms with van der Waals surface area (Å²) in [5.74, 6) is -0.0550. The van der Waals surface area contributed by atoms with Crippen LogP contribution < -0.4 is 5.32 Å². The van der Waals surface area contributed by atoms with Crippen LogP contribution in [0.2, 0.25) is 0 Å². The minimum atomic E-state index is -3.43. The fourth-order valence-electron chi connectivity index (χ4n) is 2.88. The first kappa shape index (κ1) is 19.0. The van der Waals surface area contributed by atoms with Crippen LogP contribution in [0.1, 0.15) is 15.2 Å². The average Bonchev–Trinajstić information content (AvgIpc) is 3.17. The highest BCUT2D eigenvalue weighted by atomic mass is 32.2. The summed E-state index contributed by atoms with van der Waals surface area (Å²) in [7, 11) is -3.43. The largest absolute Gasteiger partial charge is 0.350 e. The molecule has 8 heteroatoms. The average molecular weight is 394 g/mol. The van der Waals surface area contributed by atoms with Crippen molar-refractivity contribution in [3.05, 3.63) is 52.2 Å². The number of piperazine rings is 1. The van der Waals surface area contributed by atoms with Crippen molar-refractivity contribution in [3.8, 4) is 0 Å². The van der Waals surface area contributed by atoms with E-state index < -0.39 is 10.0 Å². The maximum atomic E-state index is 12.7. The third-order valence-electron chi connectivity index (χ3n) is 4.45. The molecule has 0 unspecified atom stereocenters. The Bertz CT molecular complexity index is 825. The Balaban J connectivity index is 1.46. The minimum Gasteiger partial charge on any atom is -0.350 e. The Morgan fingerprint density at radius 3 is 2.42 bits per heavy atom. The molecular weight excluding hydrogens is 370 g/mol. The molecule has 1 aliphatic rings. The number of thiophene rings is 1. The quantitative estimate of drug-likeness (QED) is 0.812. The van der Waals surface area contributed by atoms with Crippen LogP contribution in [0.15, 0.2) is 46.7 Å². The number of sulfonamides is 1. The summed E-state index contributed by atoms with van der Waals surface area (Å²) < 4.78 is 26.9. The van der Waals surface area contributed by atoms with Crippen molar-refractivity contribution in [1.82, 2.24) is 14.5 Å². The van der Waals surface area contributed by atoms with Gasteiger partial charge in [0.15, 0.2) is 0 Å². The highest BCUT2D eigenvalue weighted by molar-refractivity contribution is 7.89. The van der Waals surface area contributed by atoms with Gasteiger partial charge in [0.25, 0.3) is 5.91 Å². The van der Waals surface area contributed by atoms with E-state index >= 15 is 0 Å². The second-order valence-electron chi connectivity index (χ2n) is 6.29. The lowest BCUT2D eigenvalue weighted by Gasteiger charge is -2.33. The molecular formula is C18H23N3O3S2. The summed E-state index contributed by atoms with van der Waals surface area (Å²) in [6.07, 6.45) is 0. The molecule has 1 amide bonds. The highest BCUT2D eigenvalue weighted by Crippen LogP contribution is 2.18. The topological polar surface area (TPSA) is 69.7 Å². The maximum absolute atomic E-state index is 12.7. The first-order valence-electron chi connectivity index (χ1n) is 8.58. The van der Waals surface area contributed by atoms with Gasteiger partial charge in [-0.2, -0.15) is 4.31 Å². The van der Waals surface area contributed by atoms with Crippen molar-refractivity contribution in [3.63, 3.8) is 0 Å². The summed E-state index contributed by atoms with van der Waals surface area (Å²) in [5, 5.41) is 4.78. The van der Waals surface area contributed by atoms with E-state index in [-0.39, 0.29) is 5.91 Å². The Labute approximate surface area is 158 Å². The van der Waals surface area contributed by atoms with Crippen LogP contribution in [-0.4, -0.2) is 62.8 Å². The van der Waals surface area contributed by atoms with Crippen molar-refractivity contribution in [1.29, 1.82) is 0 Å². The van der Waals surface area contributed by atoms with E-state index in [0.717, 1.165) is 12.1 Å². The van der Waals surface area contributed by atoms with E-state index in [9.17, 15) is 13.2 Å². The normalized spacial score (nSPS) is 16.5. The van der Waals surface area contributed by atoms with Crippen LogP contribution in [0.25, 0.3) is 0 Å². The second-order valence-corrected chi connectivity index (χ2v) is 9.18. The summed E-state index contributed by atoms with van der Waals surface area (Å²) in [6.45, 7) is 5.48. The van der Waals surface area contributed by atoms with Crippen molar-refractivity contribution in [2.45, 2.75) is 11.8 Å². The van der Waals surface area contributed by atoms with Gasteiger partial charge < -0.3 is 5.32 Å². The number of hydrogen-bond acceptors (Lipinski definition) is 5. The molecule has 0 aliphatic carbocycles. The van der Waals surface area contributed by atoms with Gasteiger partial charge in [-0.05, 0) is 30.5 Å². The van der Waals surface area contributed by atoms with Crippen molar-refractivity contribution in [2.24, 2.45) is 0 Å². The number of nitrogens with one attached hydrogen (secondary N) is 1. The van der Waals surface area contributed by atoms with Gasteiger partial charge in [0, 0.05) is 39.3 Å². The van der Waals surface area contributed by atoms with E-state index in [4.69, 9.17) is 0 Å². The minimum absolute atomic E-state index is 0.0550. The van der Waals surface area contributed by atoms with Crippen molar-refractivity contribution in [2.75, 3.05) is 39.3 Å². The summed E-state index contributed by atoms with van der Waals surface area (Å²) >= 11 is 1.42. The van der Waals surface area contributed by atoms with Gasteiger partial charge in [0.05, 0.1) is 9.77 Å². The first-order chi connectivity index (χ1) is 12.5. The molecule has 140 valence electrons. The molecule has 0 bridgehead atoms. The number of hydrogen-bond donors (Lipinski definition) is 1. The molecule has 26 heavy (non-hydrogen) atoms. The fraction of sp³-hybridized carbons (Fsp3) is 0.389. The van der Waals surface area contributed by atoms with Crippen LogP contribution in [-0.2, 0) is 10.0 Å². The molecule has 0 spiro atoms.